The summed E-state index contributed by atoms with van der Waals surface area (Å²) >= 11 is 0. The van der Waals surface area contributed by atoms with Crippen LogP contribution in [0.5, 0.6) is 0 Å². The van der Waals surface area contributed by atoms with Gasteiger partial charge in [0, 0.05) is 13.2 Å². The fourth-order valence-corrected chi connectivity index (χ4v) is 9.56. The lowest BCUT2D eigenvalue weighted by atomic mass is 10.2. The average Bonchev–Trinajstić information content (AvgIpc) is 2.56. The fraction of sp³-hybridized carbons (Fsp3) is 0.684. The lowest BCUT2D eigenvalue weighted by Gasteiger charge is -2.46. The first-order valence-corrected chi connectivity index (χ1v) is 14.8. The van der Waals surface area contributed by atoms with Gasteiger partial charge in [0.25, 0.3) is 0 Å². The third-order valence-electron chi connectivity index (χ3n) is 5.16. The summed E-state index contributed by atoms with van der Waals surface area (Å²) in [5.41, 5.74) is 1.37. The molecule has 0 heterocycles. The Morgan fingerprint density at radius 3 is 1.96 bits per heavy atom. The van der Waals surface area contributed by atoms with Gasteiger partial charge in [0.1, 0.15) is 8.24 Å². The summed E-state index contributed by atoms with van der Waals surface area (Å²) in [4.78, 5) is 0. The Labute approximate surface area is 151 Å². The Hall–Kier alpha value is -0.466. The van der Waals surface area contributed by atoms with Crippen LogP contribution >= 0.6 is 0 Å². The molecule has 138 valence electrons. The lowest BCUT2D eigenvalue weighted by molar-refractivity contribution is 0.0478. The molecule has 1 atom stereocenters. The largest absolute Gasteiger partial charge is 0.395 e. The summed E-state index contributed by atoms with van der Waals surface area (Å²) < 4.78 is 15.1. The smallest absolute Gasteiger partial charge is 0.332 e. The second kappa shape index (κ2) is 9.87. The molecule has 0 spiro atoms. The molecule has 0 amide bonds. The van der Waals surface area contributed by atoms with Crippen molar-refractivity contribution in [3.05, 3.63) is 35.9 Å². The molecule has 24 heavy (non-hydrogen) atoms. The molecule has 0 bridgehead atoms. The van der Waals surface area contributed by atoms with Gasteiger partial charge in [-0.25, -0.2) is 0 Å². The third kappa shape index (κ3) is 5.81. The summed E-state index contributed by atoms with van der Waals surface area (Å²) in [5, 5.41) is 0. The molecule has 3 nitrogen and oxygen atoms in total. The quantitative estimate of drug-likeness (QED) is 0.375. The van der Waals surface area contributed by atoms with E-state index in [1.54, 1.807) is 0 Å². The monoisotopic (exact) mass is 367 g/mol. The molecule has 0 fully saturated rings. The second-order valence-corrected chi connectivity index (χ2v) is 15.4. The third-order valence-corrected chi connectivity index (χ3v) is 12.7. The van der Waals surface area contributed by atoms with Gasteiger partial charge in [-0.2, -0.15) is 0 Å². The zero-order valence-corrected chi connectivity index (χ0v) is 18.8. The van der Waals surface area contributed by atoms with Crippen LogP contribution in [0, 0.1) is 0 Å². The maximum absolute atomic E-state index is 6.50. The number of benzene rings is 1. The molecule has 5 heteroatoms. The molecule has 1 rings (SSSR count). The summed E-state index contributed by atoms with van der Waals surface area (Å²) in [6.07, 6.45) is 0.102. The Morgan fingerprint density at radius 2 is 1.50 bits per heavy atom. The van der Waals surface area contributed by atoms with Crippen molar-refractivity contribution in [2.75, 3.05) is 6.61 Å². The molecule has 0 aliphatic rings. The molecular weight excluding hydrogens is 330 g/mol. The highest BCUT2D eigenvalue weighted by Gasteiger charge is 2.40. The fourth-order valence-electron chi connectivity index (χ4n) is 3.68. The zero-order chi connectivity index (χ0) is 18.2. The summed E-state index contributed by atoms with van der Waals surface area (Å²) in [5.74, 6) is 0. The molecule has 1 aromatic carbocycles. The normalized spacial score (nSPS) is 14.2. The van der Waals surface area contributed by atoms with Crippen molar-refractivity contribution < 1.29 is 8.85 Å². The predicted molar refractivity (Wildman–Crippen MR) is 109 cm³/mol. The summed E-state index contributed by atoms with van der Waals surface area (Å²) in [6.45, 7) is 17.3. The highest BCUT2D eigenvalue weighted by molar-refractivity contribution is 6.77. The highest BCUT2D eigenvalue weighted by Crippen LogP contribution is 2.30. The van der Waals surface area contributed by atoms with Gasteiger partial charge < -0.3 is 8.85 Å². The van der Waals surface area contributed by atoms with Crippen LogP contribution in [-0.4, -0.2) is 34.2 Å². The van der Waals surface area contributed by atoms with Gasteiger partial charge in [-0.1, -0.05) is 51.1 Å². The first-order valence-electron chi connectivity index (χ1n) is 9.46. The molecule has 0 saturated heterocycles. The van der Waals surface area contributed by atoms with Crippen molar-refractivity contribution >= 4 is 16.8 Å². The maximum atomic E-state index is 6.50. The van der Waals surface area contributed by atoms with E-state index in [0.29, 0.717) is 0 Å². The SMILES string of the molecule is CCO[Si](C)(C)OC(C)N(Cc1ccccc1)[Si](CC)(CC)CC. The van der Waals surface area contributed by atoms with E-state index >= 15 is 0 Å². The number of rotatable bonds is 11. The van der Waals surface area contributed by atoms with E-state index in [1.807, 2.05) is 6.92 Å². The van der Waals surface area contributed by atoms with Crippen LogP contribution in [0.25, 0.3) is 0 Å². The van der Waals surface area contributed by atoms with Crippen LogP contribution in [0.15, 0.2) is 30.3 Å². The molecule has 0 radical (unpaired) electrons. The van der Waals surface area contributed by atoms with Crippen molar-refractivity contribution in [3.63, 3.8) is 0 Å². The average molecular weight is 368 g/mol. The van der Waals surface area contributed by atoms with Crippen LogP contribution in [0.3, 0.4) is 0 Å². The lowest BCUT2D eigenvalue weighted by Crippen LogP contribution is -2.58. The van der Waals surface area contributed by atoms with Gasteiger partial charge in [0.05, 0.1) is 6.23 Å². The summed E-state index contributed by atoms with van der Waals surface area (Å²) in [7, 11) is -3.62. The Balaban J connectivity index is 3.07. The van der Waals surface area contributed by atoms with Gasteiger partial charge >= 0.3 is 8.56 Å². The molecular formula is C19H37NO2Si2. The molecule has 1 unspecified atom stereocenters. The number of hydrogen-bond donors (Lipinski definition) is 0. The highest BCUT2D eigenvalue weighted by atomic mass is 28.4. The van der Waals surface area contributed by atoms with Gasteiger partial charge in [0.2, 0.25) is 0 Å². The minimum absolute atomic E-state index is 0.102. The summed E-state index contributed by atoms with van der Waals surface area (Å²) in [6, 6.07) is 14.6. The van der Waals surface area contributed by atoms with Crippen LogP contribution in [0.4, 0.5) is 0 Å². The van der Waals surface area contributed by atoms with E-state index in [0.717, 1.165) is 13.2 Å². The second-order valence-electron chi connectivity index (χ2n) is 6.95. The van der Waals surface area contributed by atoms with Crippen LogP contribution < -0.4 is 0 Å². The molecule has 0 N–H and O–H groups in total. The first-order chi connectivity index (χ1) is 11.3. The van der Waals surface area contributed by atoms with Gasteiger partial charge in [-0.05, 0) is 50.6 Å². The van der Waals surface area contributed by atoms with E-state index in [2.05, 4.69) is 75.7 Å². The Bertz CT molecular complexity index is 455. The van der Waals surface area contributed by atoms with Crippen molar-refractivity contribution in [1.82, 2.24) is 4.57 Å². The topological polar surface area (TPSA) is 21.7 Å². The Morgan fingerprint density at radius 1 is 0.958 bits per heavy atom. The zero-order valence-electron chi connectivity index (χ0n) is 16.8. The minimum Gasteiger partial charge on any atom is -0.395 e. The van der Waals surface area contributed by atoms with Crippen LogP contribution in [0.2, 0.25) is 31.2 Å². The molecule has 0 aromatic heterocycles. The molecule has 0 saturated carbocycles. The van der Waals surface area contributed by atoms with Crippen molar-refractivity contribution in [1.29, 1.82) is 0 Å². The standard InChI is InChI=1S/C19H37NO2Si2/c1-8-21-23(6,7)22-18(5)20(24(9-2,10-3)11-4)17-19-15-13-12-14-16-19/h12-16,18H,8-11,17H2,1-7H3. The van der Waals surface area contributed by atoms with Gasteiger partial charge in [0.15, 0.2) is 0 Å². The number of hydrogen-bond acceptors (Lipinski definition) is 3. The molecule has 1 aromatic rings. The van der Waals surface area contributed by atoms with Crippen molar-refractivity contribution in [2.45, 2.75) is 78.6 Å². The van der Waals surface area contributed by atoms with E-state index < -0.39 is 16.8 Å². The number of nitrogens with zero attached hydrogens (tertiary/aromatic N) is 1. The predicted octanol–water partition coefficient (Wildman–Crippen LogP) is 5.59. The van der Waals surface area contributed by atoms with Gasteiger partial charge in [-0.3, -0.25) is 4.57 Å². The Kier molecular flexibility index (Phi) is 8.88. The van der Waals surface area contributed by atoms with Crippen LogP contribution in [0.1, 0.15) is 40.2 Å². The van der Waals surface area contributed by atoms with Crippen molar-refractivity contribution in [2.24, 2.45) is 0 Å². The van der Waals surface area contributed by atoms with E-state index in [-0.39, 0.29) is 6.23 Å². The first kappa shape index (κ1) is 21.6. The molecule has 0 aliphatic carbocycles. The van der Waals surface area contributed by atoms with E-state index in [4.69, 9.17) is 8.85 Å². The van der Waals surface area contributed by atoms with Gasteiger partial charge in [-0.15, -0.1) is 0 Å². The van der Waals surface area contributed by atoms with E-state index in [1.165, 1.54) is 23.7 Å². The van der Waals surface area contributed by atoms with Crippen molar-refractivity contribution in [3.8, 4) is 0 Å². The van der Waals surface area contributed by atoms with E-state index in [9.17, 15) is 0 Å². The molecule has 0 aliphatic heterocycles. The minimum atomic E-state index is -2.08. The van der Waals surface area contributed by atoms with Crippen LogP contribution in [-0.2, 0) is 15.4 Å². The maximum Gasteiger partial charge on any atom is 0.332 e.